The number of nitrogens with zero attached hydrogens (tertiary/aromatic N) is 1. The molecule has 1 amide bonds. The highest BCUT2D eigenvalue weighted by Crippen LogP contribution is 2.31. The van der Waals surface area contributed by atoms with E-state index in [-0.39, 0.29) is 5.91 Å². The van der Waals surface area contributed by atoms with Gasteiger partial charge >= 0.3 is 0 Å². The van der Waals surface area contributed by atoms with Gasteiger partial charge in [-0.2, -0.15) is 0 Å². The minimum absolute atomic E-state index is 0.0388. The highest BCUT2D eigenvalue weighted by atomic mass is 32.1. The van der Waals surface area contributed by atoms with E-state index in [1.165, 1.54) is 11.3 Å². The van der Waals surface area contributed by atoms with Gasteiger partial charge < -0.3 is 16.0 Å². The van der Waals surface area contributed by atoms with Gasteiger partial charge in [-0.05, 0) is 18.4 Å². The van der Waals surface area contributed by atoms with Crippen molar-refractivity contribution >= 4 is 27.9 Å². The first-order chi connectivity index (χ1) is 8.36. The van der Waals surface area contributed by atoms with Gasteiger partial charge in [0.15, 0.2) is 0 Å². The summed E-state index contributed by atoms with van der Waals surface area (Å²) in [6.45, 7) is 6.52. The first-order valence-electron chi connectivity index (χ1n) is 6.24. The highest BCUT2D eigenvalue weighted by molar-refractivity contribution is 7.18. The van der Waals surface area contributed by atoms with E-state index in [9.17, 15) is 4.79 Å². The average Bonchev–Trinajstić information content (AvgIpc) is 2.65. The zero-order chi connectivity index (χ0) is 13.9. The summed E-state index contributed by atoms with van der Waals surface area (Å²) < 4.78 is 0. The largest absolute Gasteiger partial charge is 0.397 e. The Balaban J connectivity index is 2.87. The summed E-state index contributed by atoms with van der Waals surface area (Å²) in [5, 5.41) is 4.42. The van der Waals surface area contributed by atoms with Crippen molar-refractivity contribution in [3.05, 3.63) is 10.9 Å². The Morgan fingerprint density at radius 1 is 1.50 bits per heavy atom. The Hall–Kier alpha value is -1.23. The van der Waals surface area contributed by atoms with Crippen LogP contribution in [-0.2, 0) is 0 Å². The van der Waals surface area contributed by atoms with E-state index in [1.807, 2.05) is 6.07 Å². The van der Waals surface area contributed by atoms with E-state index in [0.717, 1.165) is 11.4 Å². The van der Waals surface area contributed by atoms with Crippen LogP contribution in [-0.4, -0.2) is 30.9 Å². The maximum absolute atomic E-state index is 11.9. The summed E-state index contributed by atoms with van der Waals surface area (Å²) in [4.78, 5) is 14.1. The lowest BCUT2D eigenvalue weighted by atomic mass is 10.0. The normalized spacial score (nSPS) is 12.6. The quantitative estimate of drug-likeness (QED) is 0.864. The zero-order valence-corrected chi connectivity index (χ0v) is 12.6. The number of rotatable bonds is 5. The van der Waals surface area contributed by atoms with Crippen molar-refractivity contribution in [3.8, 4) is 0 Å². The van der Waals surface area contributed by atoms with Crippen molar-refractivity contribution < 1.29 is 4.79 Å². The number of nitrogens with two attached hydrogens (primary N) is 1. The Bertz CT molecular complexity index is 412. The highest BCUT2D eigenvalue weighted by Gasteiger charge is 2.18. The van der Waals surface area contributed by atoms with Crippen LogP contribution in [0.2, 0.25) is 0 Å². The van der Waals surface area contributed by atoms with Crippen LogP contribution in [0.3, 0.4) is 0 Å². The molecule has 1 aromatic heterocycles. The standard InChI is InChI=1S/C13H23N3OS/c1-6-10(8(2)3)15-11-7-9(14)12(18-11)13(17)16(4)5/h7-8,10,15H,6,14H2,1-5H3. The maximum Gasteiger partial charge on any atom is 0.265 e. The number of amides is 1. The van der Waals surface area contributed by atoms with E-state index < -0.39 is 0 Å². The predicted molar refractivity (Wildman–Crippen MR) is 79.3 cm³/mol. The first-order valence-corrected chi connectivity index (χ1v) is 7.05. The monoisotopic (exact) mass is 269 g/mol. The molecule has 1 aromatic rings. The van der Waals surface area contributed by atoms with Crippen molar-refractivity contribution in [2.45, 2.75) is 33.2 Å². The number of carbonyl (C=O) groups is 1. The minimum Gasteiger partial charge on any atom is -0.397 e. The Morgan fingerprint density at radius 3 is 2.56 bits per heavy atom. The summed E-state index contributed by atoms with van der Waals surface area (Å²) in [5.74, 6) is 0.509. The van der Waals surface area contributed by atoms with Gasteiger partial charge in [0.1, 0.15) is 4.88 Å². The van der Waals surface area contributed by atoms with Crippen LogP contribution in [0.5, 0.6) is 0 Å². The van der Waals surface area contributed by atoms with Crippen molar-refractivity contribution in [1.82, 2.24) is 4.90 Å². The molecule has 0 aromatic carbocycles. The van der Waals surface area contributed by atoms with Gasteiger partial charge in [-0.1, -0.05) is 20.8 Å². The molecule has 4 nitrogen and oxygen atoms in total. The van der Waals surface area contributed by atoms with Gasteiger partial charge in [0.25, 0.3) is 5.91 Å². The molecule has 0 radical (unpaired) electrons. The Kier molecular flexibility index (Phi) is 5.02. The van der Waals surface area contributed by atoms with Gasteiger partial charge in [-0.15, -0.1) is 11.3 Å². The maximum atomic E-state index is 11.9. The molecule has 0 bridgehead atoms. The number of carbonyl (C=O) groups excluding carboxylic acids is 1. The van der Waals surface area contributed by atoms with Gasteiger partial charge in [0.2, 0.25) is 0 Å². The predicted octanol–water partition coefficient (Wildman–Crippen LogP) is 2.88. The van der Waals surface area contributed by atoms with Crippen LogP contribution in [0, 0.1) is 5.92 Å². The van der Waals surface area contributed by atoms with E-state index in [0.29, 0.717) is 22.5 Å². The summed E-state index contributed by atoms with van der Waals surface area (Å²) in [6, 6.07) is 2.26. The fourth-order valence-corrected chi connectivity index (χ4v) is 2.83. The summed E-state index contributed by atoms with van der Waals surface area (Å²) in [6.07, 6.45) is 1.05. The molecule has 0 fully saturated rings. The van der Waals surface area contributed by atoms with Gasteiger partial charge in [0, 0.05) is 20.1 Å². The van der Waals surface area contributed by atoms with E-state index in [4.69, 9.17) is 5.73 Å². The molecule has 0 spiro atoms. The number of nitrogens with one attached hydrogen (secondary N) is 1. The lowest BCUT2D eigenvalue weighted by molar-refractivity contribution is 0.0833. The molecule has 0 aliphatic carbocycles. The zero-order valence-electron chi connectivity index (χ0n) is 11.8. The number of anilines is 2. The average molecular weight is 269 g/mol. The van der Waals surface area contributed by atoms with Gasteiger partial charge in [-0.3, -0.25) is 4.79 Å². The molecule has 1 heterocycles. The summed E-state index contributed by atoms with van der Waals surface area (Å²) >= 11 is 1.43. The number of hydrogen-bond acceptors (Lipinski definition) is 4. The van der Waals surface area contributed by atoms with Crippen LogP contribution in [0.25, 0.3) is 0 Å². The number of thiophene rings is 1. The van der Waals surface area contributed by atoms with Crippen LogP contribution in [0.4, 0.5) is 10.7 Å². The molecule has 5 heteroatoms. The van der Waals surface area contributed by atoms with E-state index in [1.54, 1.807) is 19.0 Å². The van der Waals surface area contributed by atoms with Gasteiger partial charge in [-0.25, -0.2) is 0 Å². The fourth-order valence-electron chi connectivity index (χ4n) is 1.77. The third kappa shape index (κ3) is 3.38. The molecule has 1 atom stereocenters. The molecule has 0 saturated carbocycles. The van der Waals surface area contributed by atoms with Crippen molar-refractivity contribution in [2.75, 3.05) is 25.1 Å². The minimum atomic E-state index is -0.0388. The van der Waals surface area contributed by atoms with E-state index >= 15 is 0 Å². The summed E-state index contributed by atoms with van der Waals surface area (Å²) in [7, 11) is 3.47. The smallest absolute Gasteiger partial charge is 0.265 e. The second-order valence-corrected chi connectivity index (χ2v) is 6.05. The van der Waals surface area contributed by atoms with Crippen LogP contribution in [0.1, 0.15) is 36.9 Å². The van der Waals surface area contributed by atoms with Crippen molar-refractivity contribution in [3.63, 3.8) is 0 Å². The molecule has 3 N–H and O–H groups in total. The Morgan fingerprint density at radius 2 is 2.11 bits per heavy atom. The molecule has 0 saturated heterocycles. The molecule has 102 valence electrons. The molecular formula is C13H23N3OS. The third-order valence-corrected chi connectivity index (χ3v) is 4.00. The third-order valence-electron chi connectivity index (χ3n) is 2.93. The first kappa shape index (κ1) is 14.8. The molecular weight excluding hydrogens is 246 g/mol. The molecule has 0 aliphatic heterocycles. The van der Waals surface area contributed by atoms with Crippen molar-refractivity contribution in [1.29, 1.82) is 0 Å². The lowest BCUT2D eigenvalue weighted by Crippen LogP contribution is -2.24. The van der Waals surface area contributed by atoms with Crippen LogP contribution >= 0.6 is 11.3 Å². The van der Waals surface area contributed by atoms with Crippen LogP contribution in [0.15, 0.2) is 6.07 Å². The topological polar surface area (TPSA) is 58.4 Å². The second-order valence-electron chi connectivity index (χ2n) is 5.00. The van der Waals surface area contributed by atoms with Gasteiger partial charge in [0.05, 0.1) is 10.7 Å². The molecule has 18 heavy (non-hydrogen) atoms. The number of nitrogen functional groups attached to an aromatic ring is 1. The van der Waals surface area contributed by atoms with Crippen LogP contribution < -0.4 is 11.1 Å². The van der Waals surface area contributed by atoms with Crippen molar-refractivity contribution in [2.24, 2.45) is 5.92 Å². The SMILES string of the molecule is CCC(Nc1cc(N)c(C(=O)N(C)C)s1)C(C)C. The fraction of sp³-hybridized carbons (Fsp3) is 0.615. The summed E-state index contributed by atoms with van der Waals surface area (Å²) in [5.41, 5.74) is 6.45. The molecule has 1 rings (SSSR count). The number of hydrogen-bond donors (Lipinski definition) is 2. The Labute approximate surface area is 113 Å². The lowest BCUT2D eigenvalue weighted by Gasteiger charge is -2.20. The van der Waals surface area contributed by atoms with E-state index in [2.05, 4.69) is 26.1 Å². The molecule has 0 aliphatic rings. The molecule has 1 unspecified atom stereocenters. The second kappa shape index (κ2) is 6.09.